The van der Waals surface area contributed by atoms with Crippen LogP contribution in [0.5, 0.6) is 0 Å². The summed E-state index contributed by atoms with van der Waals surface area (Å²) in [6, 6.07) is 3.92. The zero-order valence-corrected chi connectivity index (χ0v) is 11.3. The molecular weight excluding hydrogens is 226 g/mol. The summed E-state index contributed by atoms with van der Waals surface area (Å²) in [4.78, 5) is 14.2. The van der Waals surface area contributed by atoms with Gasteiger partial charge < -0.3 is 15.2 Å². The van der Waals surface area contributed by atoms with Gasteiger partial charge in [-0.25, -0.2) is 0 Å². The molecule has 0 spiro atoms. The Bertz CT molecular complexity index is 411. The average Bonchev–Trinajstić information content (AvgIpc) is 2.63. The molecule has 18 heavy (non-hydrogen) atoms. The number of aryl methyl sites for hydroxylation is 1. The van der Waals surface area contributed by atoms with Crippen LogP contribution in [0.15, 0.2) is 18.3 Å². The molecule has 0 aromatic carbocycles. The van der Waals surface area contributed by atoms with E-state index in [2.05, 4.69) is 10.6 Å². The number of carbonyl (C=O) groups is 1. The summed E-state index contributed by atoms with van der Waals surface area (Å²) in [5.41, 5.74) is 6.99. The first kappa shape index (κ1) is 13.1. The van der Waals surface area contributed by atoms with Crippen molar-refractivity contribution in [1.82, 2.24) is 9.47 Å². The zero-order valence-electron chi connectivity index (χ0n) is 11.3. The van der Waals surface area contributed by atoms with Crippen molar-refractivity contribution in [1.29, 1.82) is 0 Å². The van der Waals surface area contributed by atoms with E-state index in [-0.39, 0.29) is 11.9 Å². The van der Waals surface area contributed by atoms with Gasteiger partial charge in [0.05, 0.1) is 12.1 Å². The molecule has 0 aliphatic carbocycles. The first-order valence-corrected chi connectivity index (χ1v) is 6.78. The second-order valence-electron chi connectivity index (χ2n) is 5.23. The van der Waals surface area contributed by atoms with Gasteiger partial charge in [-0.3, -0.25) is 4.79 Å². The third-order valence-corrected chi connectivity index (χ3v) is 3.75. The molecule has 1 aliphatic rings. The van der Waals surface area contributed by atoms with Crippen LogP contribution >= 0.6 is 0 Å². The van der Waals surface area contributed by atoms with Gasteiger partial charge in [0.1, 0.15) is 0 Å². The molecule has 1 aliphatic heterocycles. The molecule has 2 N–H and O–H groups in total. The number of nitrogens with two attached hydrogens (primary N) is 1. The van der Waals surface area contributed by atoms with Gasteiger partial charge in [-0.1, -0.05) is 12.8 Å². The molecule has 1 fully saturated rings. The van der Waals surface area contributed by atoms with Gasteiger partial charge in [-0.2, -0.15) is 0 Å². The normalized spacial score (nSPS) is 22.6. The molecule has 1 amide bonds. The number of nitrogens with zero attached hydrogens (tertiary/aromatic N) is 2. The van der Waals surface area contributed by atoms with Crippen molar-refractivity contribution >= 4 is 5.91 Å². The predicted octanol–water partition coefficient (Wildman–Crippen LogP) is 1.82. The molecule has 1 aromatic rings. The number of rotatable bonds is 2. The van der Waals surface area contributed by atoms with E-state index >= 15 is 0 Å². The minimum atomic E-state index is -0.411. The smallest absolute Gasteiger partial charge is 0.239 e. The van der Waals surface area contributed by atoms with Gasteiger partial charge >= 0.3 is 0 Å². The largest absolute Gasteiger partial charge is 0.353 e. The molecule has 4 heteroatoms. The third kappa shape index (κ3) is 2.58. The number of hydrogen-bond donors (Lipinski definition) is 1. The van der Waals surface area contributed by atoms with Gasteiger partial charge in [0.15, 0.2) is 0 Å². The van der Waals surface area contributed by atoms with Gasteiger partial charge in [0.2, 0.25) is 5.91 Å². The Kier molecular flexibility index (Phi) is 4.07. The van der Waals surface area contributed by atoms with Crippen LogP contribution in [0.25, 0.3) is 0 Å². The highest BCUT2D eigenvalue weighted by Gasteiger charge is 2.29. The second-order valence-corrected chi connectivity index (χ2v) is 5.23. The summed E-state index contributed by atoms with van der Waals surface area (Å²) in [7, 11) is 2.04. The topological polar surface area (TPSA) is 51.3 Å². The van der Waals surface area contributed by atoms with Crippen molar-refractivity contribution < 1.29 is 4.79 Å². The average molecular weight is 249 g/mol. The van der Waals surface area contributed by atoms with Crippen LogP contribution in [-0.2, 0) is 11.8 Å². The summed E-state index contributed by atoms with van der Waals surface area (Å²) in [5.74, 6) is 0.0723. The minimum Gasteiger partial charge on any atom is -0.353 e. The van der Waals surface area contributed by atoms with E-state index < -0.39 is 6.04 Å². The molecule has 0 radical (unpaired) electrons. The molecule has 2 atom stereocenters. The Balaban J connectivity index is 2.28. The van der Waals surface area contributed by atoms with E-state index in [0.29, 0.717) is 0 Å². The van der Waals surface area contributed by atoms with E-state index in [1.807, 2.05) is 24.2 Å². The van der Waals surface area contributed by atoms with Gasteiger partial charge in [0, 0.05) is 25.5 Å². The summed E-state index contributed by atoms with van der Waals surface area (Å²) in [5, 5.41) is 0. The van der Waals surface area contributed by atoms with E-state index in [0.717, 1.165) is 19.4 Å². The molecule has 1 aromatic heterocycles. The monoisotopic (exact) mass is 249 g/mol. The lowest BCUT2D eigenvalue weighted by Crippen LogP contribution is -2.44. The van der Waals surface area contributed by atoms with E-state index in [1.165, 1.54) is 18.5 Å². The zero-order chi connectivity index (χ0) is 13.1. The quantitative estimate of drug-likeness (QED) is 0.869. The Hall–Kier alpha value is -1.29. The number of carbonyl (C=O) groups excluding carboxylic acids is 1. The van der Waals surface area contributed by atoms with Crippen LogP contribution in [0.1, 0.15) is 44.3 Å². The van der Waals surface area contributed by atoms with Crippen LogP contribution in [0, 0.1) is 0 Å². The molecule has 2 rings (SSSR count). The highest BCUT2D eigenvalue weighted by atomic mass is 16.2. The molecule has 0 saturated carbocycles. The van der Waals surface area contributed by atoms with Crippen LogP contribution in [-0.4, -0.2) is 28.0 Å². The number of amides is 1. The van der Waals surface area contributed by atoms with Crippen molar-refractivity contribution in [2.24, 2.45) is 12.8 Å². The first-order valence-electron chi connectivity index (χ1n) is 6.78. The third-order valence-electron chi connectivity index (χ3n) is 3.75. The van der Waals surface area contributed by atoms with Crippen LogP contribution < -0.4 is 5.73 Å². The van der Waals surface area contributed by atoms with Crippen molar-refractivity contribution in [3.05, 3.63) is 24.0 Å². The van der Waals surface area contributed by atoms with Crippen molar-refractivity contribution in [2.75, 3.05) is 6.54 Å². The summed E-state index contributed by atoms with van der Waals surface area (Å²) in [6.07, 6.45) is 6.53. The molecule has 4 nitrogen and oxygen atoms in total. The lowest BCUT2D eigenvalue weighted by atomic mass is 10.1. The second kappa shape index (κ2) is 5.57. The molecule has 2 heterocycles. The summed E-state index contributed by atoms with van der Waals surface area (Å²) >= 11 is 0. The van der Waals surface area contributed by atoms with Gasteiger partial charge in [0.25, 0.3) is 0 Å². The summed E-state index contributed by atoms with van der Waals surface area (Å²) < 4.78 is 2.11. The number of aromatic nitrogens is 1. The maximum absolute atomic E-state index is 12.3. The van der Waals surface area contributed by atoms with E-state index in [1.54, 1.807) is 6.92 Å². The lowest BCUT2D eigenvalue weighted by molar-refractivity contribution is -0.134. The van der Waals surface area contributed by atoms with Crippen molar-refractivity contribution in [2.45, 2.75) is 44.7 Å². The van der Waals surface area contributed by atoms with E-state index in [4.69, 9.17) is 5.73 Å². The lowest BCUT2D eigenvalue weighted by Gasteiger charge is -2.31. The van der Waals surface area contributed by atoms with Crippen LogP contribution in [0.2, 0.25) is 0 Å². The Morgan fingerprint density at radius 2 is 2.22 bits per heavy atom. The highest BCUT2D eigenvalue weighted by Crippen LogP contribution is 2.30. The predicted molar refractivity (Wildman–Crippen MR) is 72.0 cm³/mol. The van der Waals surface area contributed by atoms with Crippen molar-refractivity contribution in [3.8, 4) is 0 Å². The molecule has 1 saturated heterocycles. The van der Waals surface area contributed by atoms with Crippen LogP contribution in [0.4, 0.5) is 0 Å². The van der Waals surface area contributed by atoms with Gasteiger partial charge in [-0.05, 0) is 31.9 Å². The minimum absolute atomic E-state index is 0.0723. The molecule has 100 valence electrons. The van der Waals surface area contributed by atoms with E-state index in [9.17, 15) is 4.79 Å². The fourth-order valence-corrected chi connectivity index (χ4v) is 2.76. The fourth-order valence-electron chi connectivity index (χ4n) is 2.76. The summed E-state index contributed by atoms with van der Waals surface area (Å²) in [6.45, 7) is 2.60. The molecule has 1 unspecified atom stereocenters. The van der Waals surface area contributed by atoms with Crippen molar-refractivity contribution in [3.63, 3.8) is 0 Å². The number of hydrogen-bond acceptors (Lipinski definition) is 2. The maximum Gasteiger partial charge on any atom is 0.239 e. The molecular formula is C14H23N3O. The van der Waals surface area contributed by atoms with Gasteiger partial charge in [-0.15, -0.1) is 0 Å². The SMILES string of the molecule is C[C@@H](N)C(=O)N1CCCCCC1c1cccn1C. The number of likely N-dealkylation sites (tertiary alicyclic amines) is 1. The first-order chi connectivity index (χ1) is 8.61. The Labute approximate surface area is 109 Å². The highest BCUT2D eigenvalue weighted by molar-refractivity contribution is 5.81. The standard InChI is InChI=1S/C14H23N3O/c1-11(15)14(18)17-10-5-3-4-7-13(17)12-8-6-9-16(12)2/h6,8-9,11,13H,3-5,7,10,15H2,1-2H3/t11-,13?/m1/s1. The Morgan fingerprint density at radius 3 is 2.83 bits per heavy atom. The fraction of sp³-hybridized carbons (Fsp3) is 0.643. The Morgan fingerprint density at radius 1 is 1.44 bits per heavy atom. The maximum atomic E-state index is 12.3. The molecule has 0 bridgehead atoms. The van der Waals surface area contributed by atoms with Crippen LogP contribution in [0.3, 0.4) is 0 Å².